The Morgan fingerprint density at radius 1 is 1.20 bits per heavy atom. The van der Waals surface area contributed by atoms with Gasteiger partial charge in [-0.2, -0.15) is 0 Å². The molecule has 1 spiro atoms. The molecular formula is C22H30N4O4. The maximum Gasteiger partial charge on any atom is 0.325 e. The van der Waals surface area contributed by atoms with Crippen LogP contribution in [0.1, 0.15) is 39.5 Å². The highest BCUT2D eigenvalue weighted by atomic mass is 16.5. The highest BCUT2D eigenvalue weighted by Crippen LogP contribution is 2.38. The Labute approximate surface area is 176 Å². The standard InChI is InChI=1S/C22H30N4O4/c1-15-5-3-4-10-22(15)20(28)26(21(29)24-22)16(2)19(27)23-17-6-8-18(9-7-17)25-11-13-30-14-12-25/h6-9,15-16H,3-5,10-14H2,1-2H3,(H,23,27)(H,24,29)/t15-,16-,22-/m1/s1. The van der Waals surface area contributed by atoms with Crippen LogP contribution in [0, 0.1) is 5.92 Å². The number of carbonyl (C=O) groups is 3. The van der Waals surface area contributed by atoms with E-state index in [9.17, 15) is 14.4 Å². The predicted molar refractivity (Wildman–Crippen MR) is 113 cm³/mol. The average molecular weight is 415 g/mol. The molecule has 8 heteroatoms. The van der Waals surface area contributed by atoms with Gasteiger partial charge in [0.2, 0.25) is 5.91 Å². The molecule has 1 aromatic rings. The van der Waals surface area contributed by atoms with Crippen LogP contribution in [-0.4, -0.2) is 60.6 Å². The largest absolute Gasteiger partial charge is 0.378 e. The molecule has 0 unspecified atom stereocenters. The molecule has 1 aliphatic carbocycles. The zero-order valence-corrected chi connectivity index (χ0v) is 17.6. The monoisotopic (exact) mass is 414 g/mol. The van der Waals surface area contributed by atoms with Crippen molar-refractivity contribution < 1.29 is 19.1 Å². The molecular weight excluding hydrogens is 384 g/mol. The minimum atomic E-state index is -0.884. The van der Waals surface area contributed by atoms with E-state index in [4.69, 9.17) is 4.74 Å². The first kappa shape index (κ1) is 20.7. The number of nitrogens with zero attached hydrogens (tertiary/aromatic N) is 2. The maximum absolute atomic E-state index is 13.2. The van der Waals surface area contributed by atoms with Gasteiger partial charge in [-0.1, -0.05) is 19.8 Å². The summed E-state index contributed by atoms with van der Waals surface area (Å²) >= 11 is 0. The number of amides is 4. The van der Waals surface area contributed by atoms with Gasteiger partial charge in [-0.15, -0.1) is 0 Å². The van der Waals surface area contributed by atoms with Crippen LogP contribution in [0.3, 0.4) is 0 Å². The number of nitrogens with one attached hydrogen (secondary N) is 2. The number of rotatable bonds is 4. The van der Waals surface area contributed by atoms with Crippen molar-refractivity contribution in [3.8, 4) is 0 Å². The van der Waals surface area contributed by atoms with Gasteiger partial charge in [-0.25, -0.2) is 9.69 Å². The van der Waals surface area contributed by atoms with Crippen molar-refractivity contribution in [1.29, 1.82) is 0 Å². The zero-order chi connectivity index (χ0) is 21.3. The molecule has 1 aromatic carbocycles. The number of hydrogen-bond acceptors (Lipinski definition) is 5. The van der Waals surface area contributed by atoms with E-state index in [0.717, 1.165) is 42.9 Å². The van der Waals surface area contributed by atoms with Crippen LogP contribution in [0.25, 0.3) is 0 Å². The summed E-state index contributed by atoms with van der Waals surface area (Å²) in [7, 11) is 0. The van der Waals surface area contributed by atoms with Gasteiger partial charge in [0.25, 0.3) is 5.91 Å². The van der Waals surface area contributed by atoms with Crippen molar-refractivity contribution in [2.45, 2.75) is 51.1 Å². The number of ether oxygens (including phenoxy) is 1. The van der Waals surface area contributed by atoms with E-state index in [-0.39, 0.29) is 17.7 Å². The molecule has 4 rings (SSSR count). The smallest absolute Gasteiger partial charge is 0.325 e. The Bertz CT molecular complexity index is 821. The van der Waals surface area contributed by atoms with Crippen molar-refractivity contribution in [2.75, 3.05) is 36.5 Å². The lowest BCUT2D eigenvalue weighted by Crippen LogP contribution is -2.54. The summed E-state index contributed by atoms with van der Waals surface area (Å²) in [5, 5.41) is 5.74. The number of morpholine rings is 1. The fourth-order valence-electron chi connectivity index (χ4n) is 4.76. The molecule has 2 aliphatic heterocycles. The Morgan fingerprint density at radius 3 is 2.57 bits per heavy atom. The fourth-order valence-corrected chi connectivity index (χ4v) is 4.76. The minimum absolute atomic E-state index is 0.0655. The third-order valence-corrected chi connectivity index (χ3v) is 6.73. The normalized spacial score (nSPS) is 27.9. The Kier molecular flexibility index (Phi) is 5.69. The molecule has 3 atom stereocenters. The van der Waals surface area contributed by atoms with Crippen LogP contribution in [-0.2, 0) is 14.3 Å². The second-order valence-corrected chi connectivity index (χ2v) is 8.54. The maximum atomic E-state index is 13.2. The number of benzene rings is 1. The van der Waals surface area contributed by atoms with E-state index in [1.54, 1.807) is 6.92 Å². The summed E-state index contributed by atoms with van der Waals surface area (Å²) < 4.78 is 5.37. The van der Waals surface area contributed by atoms with Crippen LogP contribution in [0.4, 0.5) is 16.2 Å². The lowest BCUT2D eigenvalue weighted by molar-refractivity contribution is -0.138. The SMILES string of the molecule is C[C@H](C(=O)Nc1ccc(N2CCOCC2)cc1)N1C(=O)N[C@@]2(CCCC[C@H]2C)C1=O. The molecule has 8 nitrogen and oxygen atoms in total. The number of carbonyl (C=O) groups excluding carboxylic acids is 3. The summed E-state index contributed by atoms with van der Waals surface area (Å²) in [5.41, 5.74) is 0.854. The first-order valence-electron chi connectivity index (χ1n) is 10.8. The van der Waals surface area contributed by atoms with Gasteiger partial charge in [0.05, 0.1) is 13.2 Å². The molecule has 1 saturated carbocycles. The Morgan fingerprint density at radius 2 is 1.90 bits per heavy atom. The molecule has 2 N–H and O–H groups in total. The zero-order valence-electron chi connectivity index (χ0n) is 17.6. The topological polar surface area (TPSA) is 91.0 Å². The lowest BCUT2D eigenvalue weighted by atomic mass is 9.73. The van der Waals surface area contributed by atoms with E-state index in [2.05, 4.69) is 15.5 Å². The van der Waals surface area contributed by atoms with Gasteiger partial charge >= 0.3 is 6.03 Å². The Hall–Kier alpha value is -2.61. The van der Waals surface area contributed by atoms with E-state index >= 15 is 0 Å². The molecule has 3 aliphatic rings. The van der Waals surface area contributed by atoms with Crippen molar-refractivity contribution >= 4 is 29.2 Å². The third kappa shape index (κ3) is 3.64. The van der Waals surface area contributed by atoms with Crippen LogP contribution in [0.2, 0.25) is 0 Å². The van der Waals surface area contributed by atoms with Crippen LogP contribution in [0.15, 0.2) is 24.3 Å². The molecule has 162 valence electrons. The van der Waals surface area contributed by atoms with Gasteiger partial charge in [0.15, 0.2) is 0 Å². The van der Waals surface area contributed by atoms with Crippen LogP contribution >= 0.6 is 0 Å². The number of urea groups is 1. The molecule has 0 aromatic heterocycles. The first-order chi connectivity index (χ1) is 14.4. The van der Waals surface area contributed by atoms with Crippen molar-refractivity contribution in [3.63, 3.8) is 0 Å². The summed E-state index contributed by atoms with van der Waals surface area (Å²) in [6, 6.07) is 6.23. The third-order valence-electron chi connectivity index (χ3n) is 6.73. The minimum Gasteiger partial charge on any atom is -0.378 e. The summed E-state index contributed by atoms with van der Waals surface area (Å²) in [5.74, 6) is -0.584. The van der Waals surface area contributed by atoms with Gasteiger partial charge in [0, 0.05) is 24.5 Å². The molecule has 4 amide bonds. The fraction of sp³-hybridized carbons (Fsp3) is 0.591. The second-order valence-electron chi connectivity index (χ2n) is 8.54. The van der Waals surface area contributed by atoms with Crippen molar-refractivity contribution in [2.24, 2.45) is 5.92 Å². The summed E-state index contributed by atoms with van der Waals surface area (Å²) in [4.78, 5) is 41.9. The van der Waals surface area contributed by atoms with E-state index in [1.807, 2.05) is 31.2 Å². The van der Waals surface area contributed by atoms with Gasteiger partial charge < -0.3 is 20.3 Å². The van der Waals surface area contributed by atoms with E-state index < -0.39 is 17.6 Å². The van der Waals surface area contributed by atoms with Crippen molar-refractivity contribution in [1.82, 2.24) is 10.2 Å². The number of hydrogen-bond donors (Lipinski definition) is 2. The van der Waals surface area contributed by atoms with Gasteiger partial charge in [-0.3, -0.25) is 9.59 Å². The predicted octanol–water partition coefficient (Wildman–Crippen LogP) is 2.35. The average Bonchev–Trinajstić information content (AvgIpc) is 3.01. The first-order valence-corrected chi connectivity index (χ1v) is 10.8. The quantitative estimate of drug-likeness (QED) is 0.738. The lowest BCUT2D eigenvalue weighted by Gasteiger charge is -2.37. The molecule has 0 radical (unpaired) electrons. The van der Waals surface area contributed by atoms with Crippen LogP contribution < -0.4 is 15.5 Å². The van der Waals surface area contributed by atoms with Crippen LogP contribution in [0.5, 0.6) is 0 Å². The van der Waals surface area contributed by atoms with Crippen molar-refractivity contribution in [3.05, 3.63) is 24.3 Å². The molecule has 0 bridgehead atoms. The molecule has 30 heavy (non-hydrogen) atoms. The van der Waals surface area contributed by atoms with Gasteiger partial charge in [-0.05, 0) is 49.9 Å². The number of imide groups is 1. The second kappa shape index (κ2) is 8.26. The van der Waals surface area contributed by atoms with E-state index in [1.165, 1.54) is 0 Å². The highest BCUT2D eigenvalue weighted by molar-refractivity contribution is 6.11. The Balaban J connectivity index is 1.42. The molecule has 3 fully saturated rings. The summed E-state index contributed by atoms with van der Waals surface area (Å²) in [6.07, 6.45) is 3.49. The highest BCUT2D eigenvalue weighted by Gasteiger charge is 2.56. The molecule has 2 saturated heterocycles. The number of anilines is 2. The molecule has 2 heterocycles. The van der Waals surface area contributed by atoms with E-state index in [0.29, 0.717) is 25.3 Å². The summed E-state index contributed by atoms with van der Waals surface area (Å²) in [6.45, 7) is 6.71. The van der Waals surface area contributed by atoms with Gasteiger partial charge in [0.1, 0.15) is 11.6 Å².